The summed E-state index contributed by atoms with van der Waals surface area (Å²) < 4.78 is 17.3. The number of carbonyl (C=O) groups excluding carboxylic acids is 2. The molecule has 4 fully saturated rings. The lowest BCUT2D eigenvalue weighted by molar-refractivity contribution is -0.324. The van der Waals surface area contributed by atoms with Crippen LogP contribution in [0, 0.1) is 45.3 Å². The van der Waals surface area contributed by atoms with Crippen molar-refractivity contribution in [1.82, 2.24) is 0 Å². The van der Waals surface area contributed by atoms with Gasteiger partial charge in [-0.15, -0.1) is 0 Å². The molecule has 6 N–H and O–H groups in total. The van der Waals surface area contributed by atoms with Gasteiger partial charge in [0.15, 0.2) is 12.1 Å². The van der Waals surface area contributed by atoms with E-state index in [9.17, 15) is 40.2 Å². The van der Waals surface area contributed by atoms with E-state index in [1.807, 2.05) is 20.8 Å². The van der Waals surface area contributed by atoms with E-state index in [0.717, 1.165) is 19.3 Å². The van der Waals surface area contributed by atoms with Crippen molar-refractivity contribution in [2.45, 2.75) is 149 Å². The minimum absolute atomic E-state index is 0.00241. The number of hydrogen-bond acceptors (Lipinski definition) is 11. The number of carbonyl (C=O) groups is 2. The Morgan fingerprint density at radius 2 is 1.67 bits per heavy atom. The van der Waals surface area contributed by atoms with E-state index in [4.69, 9.17) is 14.2 Å². The Kier molecular flexibility index (Phi) is 10.3. The van der Waals surface area contributed by atoms with Crippen molar-refractivity contribution in [1.29, 1.82) is 0 Å². The van der Waals surface area contributed by atoms with Crippen LogP contribution >= 0.6 is 0 Å². The topological polar surface area (TPSA) is 183 Å². The molecule has 0 bridgehead atoms. The Bertz CT molecular complexity index is 1340. The molecule has 0 amide bonds. The number of aliphatic hydroxyl groups is 6. The molecule has 5 aliphatic rings. The maximum Gasteiger partial charge on any atom is 0.303 e. The van der Waals surface area contributed by atoms with Gasteiger partial charge in [-0.05, 0) is 86.2 Å². The van der Waals surface area contributed by atoms with Crippen LogP contribution in [0.25, 0.3) is 0 Å². The van der Waals surface area contributed by atoms with E-state index in [1.54, 1.807) is 19.9 Å². The van der Waals surface area contributed by atoms with Crippen molar-refractivity contribution >= 4 is 11.8 Å². The fourth-order valence-corrected chi connectivity index (χ4v) is 11.2. The average Bonchev–Trinajstić information content (AvgIpc) is 3.22. The lowest BCUT2D eigenvalue weighted by Gasteiger charge is -2.66. The number of allylic oxidation sites excluding steroid dienone is 2. The third-order valence-electron chi connectivity index (χ3n) is 14.1. The first-order chi connectivity index (χ1) is 22.6. The number of esters is 1. The van der Waals surface area contributed by atoms with Gasteiger partial charge in [0.1, 0.15) is 30.0 Å². The molecular weight excluding hydrogens is 632 g/mol. The lowest BCUT2D eigenvalue weighted by atomic mass is 9.39. The van der Waals surface area contributed by atoms with Crippen LogP contribution in [0.15, 0.2) is 23.8 Å². The molecule has 1 saturated heterocycles. The fraction of sp³-hybridized carbons (Fsp3) is 0.842. The van der Waals surface area contributed by atoms with Crippen LogP contribution < -0.4 is 0 Å². The summed E-state index contributed by atoms with van der Waals surface area (Å²) in [6, 6.07) is 0. The Morgan fingerprint density at radius 1 is 1.02 bits per heavy atom. The zero-order valence-electron chi connectivity index (χ0n) is 30.6. The highest BCUT2D eigenvalue weighted by atomic mass is 16.7. The summed E-state index contributed by atoms with van der Waals surface area (Å²) in [5.74, 6) is -1.10. The van der Waals surface area contributed by atoms with Crippen molar-refractivity contribution in [3.8, 4) is 0 Å². The smallest absolute Gasteiger partial charge is 0.303 e. The standard InChI is InChI=1S/C38H60O11/c1-19(23(41)12-13-34(3,4)49-20(2)40)28-24(42)17-38(9)27-11-10-21-22(36(27,7)14-15-37(28,38)8)16-25(32(46)35(21,5)6)47-33-31(45)30(44)29(43)26(18-39)48-33/h10,12-13,19,22,24-33,39,42-46H,11,14-18H2,1-9H3/b13-12+/t19-,22-,24-,25+,26-,27-,28+,29+,30+,31+,32+,33-,36+,37-,38+/m1/s1. The molecule has 3 saturated carbocycles. The second-order valence-corrected chi connectivity index (χ2v) is 17.6. The lowest BCUT2D eigenvalue weighted by Crippen LogP contribution is -2.63. The van der Waals surface area contributed by atoms with Crippen molar-refractivity contribution < 1.29 is 54.4 Å². The second-order valence-electron chi connectivity index (χ2n) is 17.6. The van der Waals surface area contributed by atoms with Crippen LogP contribution in [0.4, 0.5) is 0 Å². The van der Waals surface area contributed by atoms with Gasteiger partial charge in [0.05, 0.1) is 24.9 Å². The number of hydrogen-bond donors (Lipinski definition) is 6. The normalized spacial score (nSPS) is 47.1. The van der Waals surface area contributed by atoms with E-state index in [0.29, 0.717) is 12.8 Å². The van der Waals surface area contributed by atoms with Gasteiger partial charge in [0.2, 0.25) is 0 Å². The number of aliphatic hydroxyl groups excluding tert-OH is 6. The first-order valence-electron chi connectivity index (χ1n) is 18.0. The minimum Gasteiger partial charge on any atom is -0.456 e. The van der Waals surface area contributed by atoms with Crippen LogP contribution in [-0.2, 0) is 23.8 Å². The molecule has 0 spiro atoms. The third kappa shape index (κ3) is 6.18. The van der Waals surface area contributed by atoms with Crippen LogP contribution in [-0.4, -0.2) is 104 Å². The largest absolute Gasteiger partial charge is 0.456 e. The first-order valence-corrected chi connectivity index (χ1v) is 18.0. The average molecular weight is 693 g/mol. The Hall–Kier alpha value is -1.70. The number of rotatable bonds is 8. The fourth-order valence-electron chi connectivity index (χ4n) is 11.2. The summed E-state index contributed by atoms with van der Waals surface area (Å²) in [6.45, 7) is 16.9. The molecule has 0 aromatic rings. The molecule has 1 aliphatic heterocycles. The highest BCUT2D eigenvalue weighted by Crippen LogP contribution is 2.75. The molecule has 11 nitrogen and oxygen atoms in total. The predicted octanol–water partition coefficient (Wildman–Crippen LogP) is 2.82. The summed E-state index contributed by atoms with van der Waals surface area (Å²) in [6.07, 6.45) is -0.739. The molecule has 5 rings (SSSR count). The van der Waals surface area contributed by atoms with E-state index < -0.39 is 78.5 Å². The zero-order chi connectivity index (χ0) is 36.6. The van der Waals surface area contributed by atoms with Gasteiger partial charge in [-0.3, -0.25) is 9.59 Å². The van der Waals surface area contributed by atoms with Crippen LogP contribution in [0.1, 0.15) is 94.4 Å². The molecule has 0 radical (unpaired) electrons. The maximum absolute atomic E-state index is 13.6. The molecule has 1 heterocycles. The molecular formula is C38H60O11. The Balaban J connectivity index is 1.42. The van der Waals surface area contributed by atoms with Crippen molar-refractivity contribution in [3.05, 3.63) is 23.8 Å². The molecule has 11 heteroatoms. The van der Waals surface area contributed by atoms with E-state index in [-0.39, 0.29) is 39.8 Å². The SMILES string of the molecule is CC(=O)OC(C)(C)/C=C/C(=O)[C@@H](C)[C@H]1[C@H](O)C[C@@]2(C)[C@@H]3CC=C4[C@@H](C[C@H](O[C@@H]5O[C@H](CO)[C@H](O)[C@H](O)[C@@H]5O)[C@H](O)C4(C)C)[C@]3(C)CC[C@]12C. The molecule has 278 valence electrons. The molecule has 4 aliphatic carbocycles. The molecule has 0 unspecified atom stereocenters. The van der Waals surface area contributed by atoms with Crippen LogP contribution in [0.2, 0.25) is 0 Å². The Labute approximate surface area is 290 Å². The Morgan fingerprint density at radius 3 is 2.29 bits per heavy atom. The van der Waals surface area contributed by atoms with E-state index in [2.05, 4.69) is 26.8 Å². The van der Waals surface area contributed by atoms with Crippen LogP contribution in [0.5, 0.6) is 0 Å². The van der Waals surface area contributed by atoms with E-state index >= 15 is 0 Å². The molecule has 0 aromatic heterocycles. The van der Waals surface area contributed by atoms with Gasteiger partial charge in [0.25, 0.3) is 0 Å². The van der Waals surface area contributed by atoms with Gasteiger partial charge in [0, 0.05) is 24.2 Å². The van der Waals surface area contributed by atoms with Gasteiger partial charge >= 0.3 is 5.97 Å². The summed E-state index contributed by atoms with van der Waals surface area (Å²) in [4.78, 5) is 25.1. The van der Waals surface area contributed by atoms with Crippen molar-refractivity contribution in [2.75, 3.05) is 6.61 Å². The molecule has 0 aromatic carbocycles. The number of ether oxygens (including phenoxy) is 3. The third-order valence-corrected chi connectivity index (χ3v) is 14.1. The minimum atomic E-state index is -1.58. The molecule has 49 heavy (non-hydrogen) atoms. The molecule has 15 atom stereocenters. The summed E-state index contributed by atoms with van der Waals surface area (Å²) in [7, 11) is 0. The van der Waals surface area contributed by atoms with Gasteiger partial charge < -0.3 is 44.8 Å². The van der Waals surface area contributed by atoms with Crippen LogP contribution in [0.3, 0.4) is 0 Å². The number of ketones is 1. The summed E-state index contributed by atoms with van der Waals surface area (Å²) in [5.41, 5.74) is -1.33. The second kappa shape index (κ2) is 13.1. The highest BCUT2D eigenvalue weighted by molar-refractivity contribution is 5.92. The van der Waals surface area contributed by atoms with Gasteiger partial charge in [-0.1, -0.05) is 53.2 Å². The van der Waals surface area contributed by atoms with Crippen molar-refractivity contribution in [2.24, 2.45) is 45.3 Å². The van der Waals surface area contributed by atoms with Gasteiger partial charge in [-0.25, -0.2) is 0 Å². The van der Waals surface area contributed by atoms with Gasteiger partial charge in [-0.2, -0.15) is 0 Å². The first kappa shape index (κ1) is 38.5. The maximum atomic E-state index is 13.6. The summed E-state index contributed by atoms with van der Waals surface area (Å²) in [5, 5.41) is 64.6. The predicted molar refractivity (Wildman–Crippen MR) is 180 cm³/mol. The number of fused-ring (bicyclic) bond motifs is 5. The monoisotopic (exact) mass is 692 g/mol. The quantitative estimate of drug-likeness (QED) is 0.125. The summed E-state index contributed by atoms with van der Waals surface area (Å²) >= 11 is 0. The highest BCUT2D eigenvalue weighted by Gasteiger charge is 2.70. The van der Waals surface area contributed by atoms with Crippen molar-refractivity contribution in [3.63, 3.8) is 0 Å². The zero-order valence-corrected chi connectivity index (χ0v) is 30.6. The van der Waals surface area contributed by atoms with E-state index in [1.165, 1.54) is 18.6 Å².